The molecule has 108 valence electrons. The van der Waals surface area contributed by atoms with E-state index in [9.17, 15) is 4.79 Å². The van der Waals surface area contributed by atoms with E-state index in [0.717, 1.165) is 11.5 Å². The Labute approximate surface area is 128 Å². The van der Waals surface area contributed by atoms with E-state index < -0.39 is 0 Å². The summed E-state index contributed by atoms with van der Waals surface area (Å²) in [4.78, 5) is 17.0. The number of Topliss-reactive ketones (excluding diaryl/α,β-unsaturated/α-hetero) is 1. The SMILES string of the molecule is Cc1nn(-c2ccccn2)c2c1C(=O)/C(=C/Cl)C(C)(C)C2. The molecule has 4 nitrogen and oxygen atoms in total. The number of fused-ring (bicyclic) bond motifs is 1. The van der Waals surface area contributed by atoms with Gasteiger partial charge in [0.15, 0.2) is 11.6 Å². The van der Waals surface area contributed by atoms with Gasteiger partial charge in [0.05, 0.1) is 17.0 Å². The lowest BCUT2D eigenvalue weighted by atomic mass is 9.72. The predicted molar refractivity (Wildman–Crippen MR) is 81.8 cm³/mol. The van der Waals surface area contributed by atoms with Gasteiger partial charge in [-0.25, -0.2) is 9.67 Å². The van der Waals surface area contributed by atoms with E-state index in [0.29, 0.717) is 23.3 Å². The molecule has 21 heavy (non-hydrogen) atoms. The van der Waals surface area contributed by atoms with Crippen molar-refractivity contribution in [3.8, 4) is 5.82 Å². The number of allylic oxidation sites excluding steroid dienone is 1. The molecule has 2 heterocycles. The minimum atomic E-state index is -0.315. The van der Waals surface area contributed by atoms with E-state index in [-0.39, 0.29) is 11.2 Å². The number of aromatic nitrogens is 3. The van der Waals surface area contributed by atoms with Crippen molar-refractivity contribution in [2.75, 3.05) is 0 Å². The van der Waals surface area contributed by atoms with Crippen LogP contribution in [0.25, 0.3) is 5.82 Å². The first-order valence-corrected chi connectivity index (χ1v) is 7.25. The third-order valence-electron chi connectivity index (χ3n) is 3.94. The molecule has 5 heteroatoms. The lowest BCUT2D eigenvalue weighted by Gasteiger charge is -2.31. The molecule has 0 radical (unpaired) electrons. The Morgan fingerprint density at radius 1 is 1.38 bits per heavy atom. The number of hydrogen-bond acceptors (Lipinski definition) is 3. The van der Waals surface area contributed by atoms with Gasteiger partial charge < -0.3 is 0 Å². The molecule has 0 spiro atoms. The number of carbonyl (C=O) groups excluding carboxylic acids is 1. The molecule has 0 bridgehead atoms. The molecule has 0 saturated carbocycles. The maximum Gasteiger partial charge on any atom is 0.194 e. The molecule has 0 N–H and O–H groups in total. The minimum Gasteiger partial charge on any atom is -0.289 e. The van der Waals surface area contributed by atoms with Crippen LogP contribution in [0.1, 0.15) is 35.6 Å². The number of pyridine rings is 1. The average molecular weight is 302 g/mol. The monoisotopic (exact) mass is 301 g/mol. The van der Waals surface area contributed by atoms with Gasteiger partial charge in [0.2, 0.25) is 0 Å². The fourth-order valence-corrected chi connectivity index (χ4v) is 3.25. The third kappa shape index (κ3) is 2.10. The third-order valence-corrected chi connectivity index (χ3v) is 4.16. The van der Waals surface area contributed by atoms with E-state index in [4.69, 9.17) is 11.6 Å². The van der Waals surface area contributed by atoms with Gasteiger partial charge in [-0.3, -0.25) is 4.79 Å². The smallest absolute Gasteiger partial charge is 0.194 e. The van der Waals surface area contributed by atoms with Crippen molar-refractivity contribution in [2.24, 2.45) is 5.41 Å². The van der Waals surface area contributed by atoms with Gasteiger partial charge in [-0.05, 0) is 30.9 Å². The Hall–Kier alpha value is -1.94. The topological polar surface area (TPSA) is 47.8 Å². The molecule has 1 aliphatic rings. The molecule has 0 aliphatic heterocycles. The van der Waals surface area contributed by atoms with Crippen LogP contribution in [-0.4, -0.2) is 20.5 Å². The van der Waals surface area contributed by atoms with Crippen molar-refractivity contribution < 1.29 is 4.79 Å². The molecule has 0 atom stereocenters. The van der Waals surface area contributed by atoms with Crippen molar-refractivity contribution in [2.45, 2.75) is 27.2 Å². The van der Waals surface area contributed by atoms with Crippen LogP contribution in [0.3, 0.4) is 0 Å². The van der Waals surface area contributed by atoms with Gasteiger partial charge in [0, 0.05) is 17.3 Å². The van der Waals surface area contributed by atoms with Gasteiger partial charge in [-0.2, -0.15) is 5.10 Å². The van der Waals surface area contributed by atoms with Gasteiger partial charge in [-0.1, -0.05) is 31.5 Å². The fraction of sp³-hybridized carbons (Fsp3) is 0.312. The standard InChI is InChI=1S/C16H16ClN3O/c1-10-14-12(8-16(2,3)11(9-17)15(14)21)20(19-10)13-6-4-5-7-18-13/h4-7,9H,8H2,1-3H3/b11-9-. The molecule has 1 aliphatic carbocycles. The van der Waals surface area contributed by atoms with Crippen LogP contribution < -0.4 is 0 Å². The molecule has 0 aromatic carbocycles. The van der Waals surface area contributed by atoms with E-state index in [2.05, 4.69) is 10.1 Å². The van der Waals surface area contributed by atoms with Gasteiger partial charge in [0.1, 0.15) is 0 Å². The predicted octanol–water partition coefficient (Wildman–Crippen LogP) is 3.46. The fourth-order valence-electron chi connectivity index (χ4n) is 2.86. The number of carbonyl (C=O) groups is 1. The Morgan fingerprint density at radius 2 is 2.14 bits per heavy atom. The van der Waals surface area contributed by atoms with Crippen LogP contribution in [0.5, 0.6) is 0 Å². The average Bonchev–Trinajstić information content (AvgIpc) is 2.76. The van der Waals surface area contributed by atoms with Crippen LogP contribution in [0.4, 0.5) is 0 Å². The highest BCUT2D eigenvalue weighted by atomic mass is 35.5. The summed E-state index contributed by atoms with van der Waals surface area (Å²) < 4.78 is 1.77. The number of ketones is 1. The second-order valence-electron chi connectivity index (χ2n) is 5.92. The highest BCUT2D eigenvalue weighted by Gasteiger charge is 2.40. The van der Waals surface area contributed by atoms with E-state index in [1.165, 1.54) is 5.54 Å². The molecular weight excluding hydrogens is 286 g/mol. The van der Waals surface area contributed by atoms with Crippen LogP contribution >= 0.6 is 11.6 Å². The van der Waals surface area contributed by atoms with E-state index in [1.54, 1.807) is 10.9 Å². The number of halogens is 1. The van der Waals surface area contributed by atoms with Crippen LogP contribution in [0.15, 0.2) is 35.5 Å². The second-order valence-corrected chi connectivity index (χ2v) is 6.14. The molecule has 2 aromatic heterocycles. The summed E-state index contributed by atoms with van der Waals surface area (Å²) >= 11 is 5.88. The summed E-state index contributed by atoms with van der Waals surface area (Å²) in [5.74, 6) is 0.694. The zero-order chi connectivity index (χ0) is 15.2. The minimum absolute atomic E-state index is 0.0315. The lowest BCUT2D eigenvalue weighted by molar-refractivity contribution is 0.0994. The molecule has 0 fully saturated rings. The summed E-state index contributed by atoms with van der Waals surface area (Å²) in [7, 11) is 0. The second kappa shape index (κ2) is 4.81. The Morgan fingerprint density at radius 3 is 2.76 bits per heavy atom. The molecule has 0 unspecified atom stereocenters. The number of aryl methyl sites for hydroxylation is 1. The van der Waals surface area contributed by atoms with E-state index >= 15 is 0 Å². The van der Waals surface area contributed by atoms with Crippen LogP contribution in [-0.2, 0) is 6.42 Å². The highest BCUT2D eigenvalue weighted by Crippen LogP contribution is 2.40. The van der Waals surface area contributed by atoms with Crippen LogP contribution in [0.2, 0.25) is 0 Å². The van der Waals surface area contributed by atoms with Gasteiger partial charge in [0.25, 0.3) is 0 Å². The summed E-state index contributed by atoms with van der Waals surface area (Å²) in [5.41, 5.74) is 4.01. The maximum absolute atomic E-state index is 12.7. The Bertz CT molecular complexity index is 744. The van der Waals surface area contributed by atoms with Crippen molar-refractivity contribution in [3.63, 3.8) is 0 Å². The summed E-state index contributed by atoms with van der Waals surface area (Å²) in [6.07, 6.45) is 2.42. The molecule has 0 saturated heterocycles. The quantitative estimate of drug-likeness (QED) is 0.758. The molecular formula is C16H16ClN3O. The van der Waals surface area contributed by atoms with Gasteiger partial charge >= 0.3 is 0 Å². The number of nitrogens with zero attached hydrogens (tertiary/aromatic N) is 3. The zero-order valence-corrected chi connectivity index (χ0v) is 13.0. The largest absolute Gasteiger partial charge is 0.289 e. The van der Waals surface area contributed by atoms with E-state index in [1.807, 2.05) is 39.0 Å². The Kier molecular flexibility index (Phi) is 3.21. The zero-order valence-electron chi connectivity index (χ0n) is 12.2. The molecule has 3 rings (SSSR count). The summed E-state index contributed by atoms with van der Waals surface area (Å²) in [5, 5.41) is 4.51. The van der Waals surface area contributed by atoms with Crippen molar-refractivity contribution in [1.82, 2.24) is 14.8 Å². The number of hydrogen-bond donors (Lipinski definition) is 0. The molecule has 2 aromatic rings. The molecule has 0 amide bonds. The lowest BCUT2D eigenvalue weighted by Crippen LogP contribution is -2.31. The normalized spacial score (nSPS) is 18.9. The van der Waals surface area contributed by atoms with Gasteiger partial charge in [-0.15, -0.1) is 0 Å². The first-order valence-electron chi connectivity index (χ1n) is 6.81. The summed E-state index contributed by atoms with van der Waals surface area (Å²) in [6, 6.07) is 5.65. The van der Waals surface area contributed by atoms with Crippen molar-refractivity contribution >= 4 is 17.4 Å². The first-order chi connectivity index (χ1) is 9.95. The van der Waals surface area contributed by atoms with Crippen LogP contribution in [0, 0.1) is 12.3 Å². The van der Waals surface area contributed by atoms with Crippen molar-refractivity contribution in [1.29, 1.82) is 0 Å². The maximum atomic E-state index is 12.7. The van der Waals surface area contributed by atoms with Crippen molar-refractivity contribution in [3.05, 3.63) is 52.5 Å². The first kappa shape index (κ1) is 14.0. The highest BCUT2D eigenvalue weighted by molar-refractivity contribution is 6.29. The number of rotatable bonds is 1. The Balaban J connectivity index is 2.24. The summed E-state index contributed by atoms with van der Waals surface area (Å²) in [6.45, 7) is 5.89.